The molecule has 1 aliphatic rings. The van der Waals surface area contributed by atoms with Crippen LogP contribution in [0.1, 0.15) is 13.8 Å². The monoisotopic (exact) mass is 307 g/mol. The zero-order valence-corrected chi connectivity index (χ0v) is 12.4. The number of hydrogen-bond acceptors (Lipinski definition) is 4. The smallest absolute Gasteiger partial charge is 0.337 e. The number of rotatable bonds is 5. The fraction of sp³-hybridized carbons (Fsp3) is 0.333. The highest BCUT2D eigenvalue weighted by Gasteiger charge is 2.29. The Balaban J connectivity index is 2.20. The summed E-state index contributed by atoms with van der Waals surface area (Å²) in [5.74, 6) is -0.856. The number of esters is 1. The van der Waals surface area contributed by atoms with E-state index in [9.17, 15) is 14.0 Å². The number of benzene rings is 1. The number of amides is 2. The zero-order valence-electron chi connectivity index (χ0n) is 12.4. The van der Waals surface area contributed by atoms with Crippen molar-refractivity contribution >= 4 is 17.7 Å². The molecule has 0 fully saturated rings. The second-order valence-corrected chi connectivity index (χ2v) is 4.80. The topological polar surface area (TPSA) is 79.5 Å². The zero-order chi connectivity index (χ0) is 16.1. The van der Waals surface area contributed by atoms with Crippen molar-refractivity contribution in [3.05, 3.63) is 41.4 Å². The number of nitrogens with one attached hydrogen (secondary N) is 3. The van der Waals surface area contributed by atoms with Crippen molar-refractivity contribution in [1.82, 2.24) is 10.6 Å². The van der Waals surface area contributed by atoms with Crippen LogP contribution in [0, 0.1) is 5.82 Å². The van der Waals surface area contributed by atoms with Crippen LogP contribution in [0.25, 0.3) is 0 Å². The molecule has 1 aromatic carbocycles. The Bertz CT molecular complexity index is 616. The summed E-state index contributed by atoms with van der Waals surface area (Å²) >= 11 is 0. The summed E-state index contributed by atoms with van der Waals surface area (Å²) < 4.78 is 18.2. The molecule has 2 amide bonds. The predicted octanol–water partition coefficient (Wildman–Crippen LogP) is 1.76. The van der Waals surface area contributed by atoms with Gasteiger partial charge < -0.3 is 20.7 Å². The van der Waals surface area contributed by atoms with E-state index < -0.39 is 18.0 Å². The lowest BCUT2D eigenvalue weighted by molar-refractivity contribution is -0.138. The first kappa shape index (κ1) is 15.8. The molecule has 1 aromatic rings. The van der Waals surface area contributed by atoms with Gasteiger partial charge in [-0.15, -0.1) is 0 Å². The van der Waals surface area contributed by atoms with Crippen molar-refractivity contribution in [2.24, 2.45) is 0 Å². The third-order valence-corrected chi connectivity index (χ3v) is 3.16. The summed E-state index contributed by atoms with van der Waals surface area (Å²) in [6, 6.07) is 5.08. The molecule has 0 saturated heterocycles. The summed E-state index contributed by atoms with van der Waals surface area (Å²) in [6.45, 7) is 3.83. The van der Waals surface area contributed by atoms with Crippen molar-refractivity contribution < 1.29 is 18.7 Å². The SMILES string of the molecule is CCOC(=O)C1=C(CNc2cccc(F)c2)NC(=O)NC1C. The molecule has 2 rings (SSSR count). The molecule has 22 heavy (non-hydrogen) atoms. The number of carbonyl (C=O) groups is 2. The first-order chi connectivity index (χ1) is 10.5. The summed E-state index contributed by atoms with van der Waals surface area (Å²) in [4.78, 5) is 23.6. The van der Waals surface area contributed by atoms with E-state index in [1.165, 1.54) is 12.1 Å². The second-order valence-electron chi connectivity index (χ2n) is 4.80. The maximum Gasteiger partial charge on any atom is 0.337 e. The molecule has 0 saturated carbocycles. The molecule has 0 bridgehead atoms. The molecular weight excluding hydrogens is 289 g/mol. The standard InChI is InChI=1S/C15H18FN3O3/c1-3-22-14(20)13-9(2)18-15(21)19-12(13)8-17-11-6-4-5-10(16)7-11/h4-7,9,17H,3,8H2,1-2H3,(H2,18,19,21). The van der Waals surface area contributed by atoms with Crippen LogP contribution in [0.5, 0.6) is 0 Å². The van der Waals surface area contributed by atoms with E-state index in [4.69, 9.17) is 4.74 Å². The normalized spacial score (nSPS) is 17.6. The first-order valence-electron chi connectivity index (χ1n) is 6.98. The maximum atomic E-state index is 13.2. The third kappa shape index (κ3) is 3.75. The molecule has 3 N–H and O–H groups in total. The van der Waals surface area contributed by atoms with Gasteiger partial charge in [0.25, 0.3) is 0 Å². The summed E-state index contributed by atoms with van der Waals surface area (Å²) in [5, 5.41) is 8.18. The van der Waals surface area contributed by atoms with E-state index in [2.05, 4.69) is 16.0 Å². The van der Waals surface area contributed by atoms with Crippen LogP contribution in [-0.2, 0) is 9.53 Å². The lowest BCUT2D eigenvalue weighted by Gasteiger charge is -2.27. The molecular formula is C15H18FN3O3. The summed E-state index contributed by atoms with van der Waals surface area (Å²) in [6.07, 6.45) is 0. The highest BCUT2D eigenvalue weighted by atomic mass is 19.1. The van der Waals surface area contributed by atoms with E-state index >= 15 is 0 Å². The quantitative estimate of drug-likeness (QED) is 0.724. The fourth-order valence-corrected chi connectivity index (χ4v) is 2.21. The molecule has 0 aliphatic carbocycles. The number of hydrogen-bond donors (Lipinski definition) is 3. The van der Waals surface area contributed by atoms with Gasteiger partial charge in [0.2, 0.25) is 0 Å². The minimum atomic E-state index is -0.487. The number of halogens is 1. The molecule has 1 heterocycles. The molecule has 6 nitrogen and oxygen atoms in total. The Labute approximate surface area is 127 Å². The average Bonchev–Trinajstić information content (AvgIpc) is 2.44. The number of anilines is 1. The van der Waals surface area contributed by atoms with Crippen LogP contribution in [0.15, 0.2) is 35.5 Å². The van der Waals surface area contributed by atoms with Crippen LogP contribution in [0.4, 0.5) is 14.9 Å². The van der Waals surface area contributed by atoms with E-state index in [1.54, 1.807) is 26.0 Å². The highest BCUT2D eigenvalue weighted by molar-refractivity contribution is 5.94. The van der Waals surface area contributed by atoms with Crippen molar-refractivity contribution in [2.75, 3.05) is 18.5 Å². The Morgan fingerprint density at radius 2 is 2.23 bits per heavy atom. The Hall–Kier alpha value is -2.57. The molecule has 0 aromatic heterocycles. The van der Waals surface area contributed by atoms with Crippen LogP contribution in [0.2, 0.25) is 0 Å². The molecule has 1 atom stereocenters. The van der Waals surface area contributed by atoms with E-state index in [0.717, 1.165) is 0 Å². The Morgan fingerprint density at radius 3 is 2.91 bits per heavy atom. The van der Waals surface area contributed by atoms with Crippen molar-refractivity contribution in [1.29, 1.82) is 0 Å². The number of ether oxygens (including phenoxy) is 1. The summed E-state index contributed by atoms with van der Waals surface area (Å²) in [5.41, 5.74) is 1.32. The minimum Gasteiger partial charge on any atom is -0.463 e. The van der Waals surface area contributed by atoms with Gasteiger partial charge in [0, 0.05) is 5.69 Å². The summed E-state index contributed by atoms with van der Waals surface area (Å²) in [7, 11) is 0. The molecule has 1 unspecified atom stereocenters. The van der Waals surface area contributed by atoms with E-state index in [0.29, 0.717) is 17.0 Å². The van der Waals surface area contributed by atoms with E-state index in [-0.39, 0.29) is 19.0 Å². The van der Waals surface area contributed by atoms with Crippen molar-refractivity contribution in [3.8, 4) is 0 Å². The maximum absolute atomic E-state index is 13.2. The first-order valence-corrected chi connectivity index (χ1v) is 6.98. The molecule has 0 radical (unpaired) electrons. The lowest BCUT2D eigenvalue weighted by atomic mass is 10.0. The van der Waals surface area contributed by atoms with Crippen molar-refractivity contribution in [3.63, 3.8) is 0 Å². The largest absolute Gasteiger partial charge is 0.463 e. The van der Waals surface area contributed by atoms with Gasteiger partial charge >= 0.3 is 12.0 Å². The van der Waals surface area contributed by atoms with Gasteiger partial charge in [-0.2, -0.15) is 0 Å². The van der Waals surface area contributed by atoms with Gasteiger partial charge in [-0.05, 0) is 32.0 Å². The Morgan fingerprint density at radius 1 is 1.45 bits per heavy atom. The third-order valence-electron chi connectivity index (χ3n) is 3.16. The predicted molar refractivity (Wildman–Crippen MR) is 79.7 cm³/mol. The highest BCUT2D eigenvalue weighted by Crippen LogP contribution is 2.16. The van der Waals surface area contributed by atoms with Crippen molar-refractivity contribution in [2.45, 2.75) is 19.9 Å². The van der Waals surface area contributed by atoms with Gasteiger partial charge in [0.05, 0.1) is 30.5 Å². The molecule has 1 aliphatic heterocycles. The van der Waals surface area contributed by atoms with Gasteiger partial charge in [0.1, 0.15) is 5.82 Å². The number of carbonyl (C=O) groups excluding carboxylic acids is 2. The van der Waals surface area contributed by atoms with Gasteiger partial charge in [-0.25, -0.2) is 14.0 Å². The molecule has 7 heteroatoms. The fourth-order valence-electron chi connectivity index (χ4n) is 2.21. The average molecular weight is 307 g/mol. The van der Waals surface area contributed by atoms with Crippen LogP contribution in [-0.4, -0.2) is 31.2 Å². The second kappa shape index (κ2) is 6.93. The molecule has 118 valence electrons. The number of urea groups is 1. The van der Waals surface area contributed by atoms with Crippen LogP contribution in [0.3, 0.4) is 0 Å². The Kier molecular flexibility index (Phi) is 4.98. The van der Waals surface area contributed by atoms with Crippen LogP contribution >= 0.6 is 0 Å². The minimum absolute atomic E-state index is 0.176. The van der Waals surface area contributed by atoms with Crippen LogP contribution < -0.4 is 16.0 Å². The van der Waals surface area contributed by atoms with Gasteiger partial charge in [-0.3, -0.25) is 0 Å². The lowest BCUT2D eigenvalue weighted by Crippen LogP contribution is -2.50. The van der Waals surface area contributed by atoms with Gasteiger partial charge in [-0.1, -0.05) is 6.07 Å². The van der Waals surface area contributed by atoms with E-state index in [1.807, 2.05) is 0 Å². The van der Waals surface area contributed by atoms with Gasteiger partial charge in [0.15, 0.2) is 0 Å². The molecule has 0 spiro atoms.